The molecule has 1 saturated carbocycles. The molecular formula is C12H24N2O2. The second-order valence-electron chi connectivity index (χ2n) is 4.77. The second kappa shape index (κ2) is 6.86. The lowest BCUT2D eigenvalue weighted by molar-refractivity contribution is -0.123. The van der Waals surface area contributed by atoms with Gasteiger partial charge in [0, 0.05) is 12.5 Å². The first-order chi connectivity index (χ1) is 7.63. The molecule has 1 aliphatic rings. The maximum absolute atomic E-state index is 11.6. The van der Waals surface area contributed by atoms with Crippen LogP contribution < -0.4 is 11.1 Å². The lowest BCUT2D eigenvalue weighted by atomic mass is 10.0. The molecule has 0 aromatic carbocycles. The van der Waals surface area contributed by atoms with Crippen LogP contribution in [-0.2, 0) is 9.53 Å². The van der Waals surface area contributed by atoms with Crippen molar-refractivity contribution in [3.8, 4) is 0 Å². The third-order valence-electron chi connectivity index (χ3n) is 3.09. The van der Waals surface area contributed by atoms with Gasteiger partial charge in [-0.3, -0.25) is 4.79 Å². The van der Waals surface area contributed by atoms with E-state index in [0.717, 1.165) is 12.8 Å². The van der Waals surface area contributed by atoms with Gasteiger partial charge in [-0.15, -0.1) is 0 Å². The van der Waals surface area contributed by atoms with E-state index in [1.807, 2.05) is 13.8 Å². The number of nitrogens with one attached hydrogen (secondary N) is 1. The summed E-state index contributed by atoms with van der Waals surface area (Å²) in [6, 6.07) is 0.288. The Hall–Kier alpha value is -0.610. The van der Waals surface area contributed by atoms with Crippen LogP contribution in [0.5, 0.6) is 0 Å². The maximum atomic E-state index is 11.6. The molecule has 1 aliphatic carbocycles. The summed E-state index contributed by atoms with van der Waals surface area (Å²) in [6.07, 6.45) is 4.03. The van der Waals surface area contributed by atoms with Gasteiger partial charge >= 0.3 is 0 Å². The fourth-order valence-electron chi connectivity index (χ4n) is 2.18. The molecule has 3 N–H and O–H groups in total. The molecule has 0 aromatic rings. The Balaban J connectivity index is 2.18. The van der Waals surface area contributed by atoms with Crippen molar-refractivity contribution >= 4 is 5.91 Å². The summed E-state index contributed by atoms with van der Waals surface area (Å²) in [5.74, 6) is 0.556. The number of carbonyl (C=O) groups excluding carboxylic acids is 1. The fourth-order valence-corrected chi connectivity index (χ4v) is 2.18. The lowest BCUT2D eigenvalue weighted by Crippen LogP contribution is -2.40. The van der Waals surface area contributed by atoms with Crippen molar-refractivity contribution < 1.29 is 9.53 Å². The number of ether oxygens (including phenoxy) is 1. The van der Waals surface area contributed by atoms with Gasteiger partial charge in [-0.25, -0.2) is 0 Å². The number of amides is 1. The van der Waals surface area contributed by atoms with E-state index in [0.29, 0.717) is 25.5 Å². The molecule has 0 spiro atoms. The SMILES string of the molecule is CC(C)OCCC(=O)NC1CCCC1CN. The molecule has 0 aliphatic heterocycles. The smallest absolute Gasteiger partial charge is 0.222 e. The molecule has 1 amide bonds. The zero-order valence-electron chi connectivity index (χ0n) is 10.4. The predicted molar refractivity (Wildman–Crippen MR) is 64.0 cm³/mol. The van der Waals surface area contributed by atoms with Crippen LogP contribution in [-0.4, -0.2) is 31.2 Å². The van der Waals surface area contributed by atoms with Gasteiger partial charge in [0.2, 0.25) is 5.91 Å². The van der Waals surface area contributed by atoms with E-state index >= 15 is 0 Å². The molecule has 0 heterocycles. The van der Waals surface area contributed by atoms with Crippen LogP contribution in [0.1, 0.15) is 39.5 Å². The van der Waals surface area contributed by atoms with E-state index in [1.165, 1.54) is 6.42 Å². The van der Waals surface area contributed by atoms with Gasteiger partial charge in [0.15, 0.2) is 0 Å². The van der Waals surface area contributed by atoms with Crippen molar-refractivity contribution in [2.45, 2.75) is 51.7 Å². The molecule has 4 heteroatoms. The highest BCUT2D eigenvalue weighted by atomic mass is 16.5. The second-order valence-corrected chi connectivity index (χ2v) is 4.77. The molecular weight excluding hydrogens is 204 g/mol. The normalized spacial score (nSPS) is 25.0. The Morgan fingerprint density at radius 2 is 2.25 bits per heavy atom. The van der Waals surface area contributed by atoms with Crippen molar-refractivity contribution in [1.29, 1.82) is 0 Å². The molecule has 0 aromatic heterocycles. The number of rotatable bonds is 6. The number of hydrogen-bond acceptors (Lipinski definition) is 3. The van der Waals surface area contributed by atoms with Crippen molar-refractivity contribution in [1.82, 2.24) is 5.32 Å². The highest BCUT2D eigenvalue weighted by Crippen LogP contribution is 2.24. The molecule has 2 atom stereocenters. The zero-order valence-corrected chi connectivity index (χ0v) is 10.4. The van der Waals surface area contributed by atoms with Crippen LogP contribution in [0.25, 0.3) is 0 Å². The zero-order chi connectivity index (χ0) is 12.0. The molecule has 0 saturated heterocycles. The van der Waals surface area contributed by atoms with Crippen LogP contribution in [0.3, 0.4) is 0 Å². The van der Waals surface area contributed by atoms with Crippen LogP contribution in [0.2, 0.25) is 0 Å². The first-order valence-corrected chi connectivity index (χ1v) is 6.24. The summed E-state index contributed by atoms with van der Waals surface area (Å²) in [5, 5.41) is 3.05. The molecule has 94 valence electrons. The highest BCUT2D eigenvalue weighted by molar-refractivity contribution is 5.76. The molecule has 1 fully saturated rings. The van der Waals surface area contributed by atoms with Crippen LogP contribution in [0.4, 0.5) is 0 Å². The summed E-state index contributed by atoms with van der Waals surface area (Å²) < 4.78 is 5.34. The van der Waals surface area contributed by atoms with E-state index in [1.54, 1.807) is 0 Å². The lowest BCUT2D eigenvalue weighted by Gasteiger charge is -2.19. The van der Waals surface area contributed by atoms with Gasteiger partial charge in [0.05, 0.1) is 12.7 Å². The molecule has 0 radical (unpaired) electrons. The largest absolute Gasteiger partial charge is 0.378 e. The fraction of sp³-hybridized carbons (Fsp3) is 0.917. The summed E-state index contributed by atoms with van der Waals surface area (Å²) in [5.41, 5.74) is 5.66. The summed E-state index contributed by atoms with van der Waals surface area (Å²) in [7, 11) is 0. The highest BCUT2D eigenvalue weighted by Gasteiger charge is 2.26. The number of hydrogen-bond donors (Lipinski definition) is 2. The van der Waals surface area contributed by atoms with Gasteiger partial charge < -0.3 is 15.8 Å². The average Bonchev–Trinajstić information content (AvgIpc) is 2.64. The minimum atomic E-state index is 0.0889. The first-order valence-electron chi connectivity index (χ1n) is 6.24. The van der Waals surface area contributed by atoms with Gasteiger partial charge in [-0.05, 0) is 39.2 Å². The summed E-state index contributed by atoms with van der Waals surface area (Å²) >= 11 is 0. The summed E-state index contributed by atoms with van der Waals surface area (Å²) in [6.45, 7) is 5.12. The van der Waals surface area contributed by atoms with Crippen LogP contribution >= 0.6 is 0 Å². The average molecular weight is 228 g/mol. The van der Waals surface area contributed by atoms with Gasteiger partial charge in [0.25, 0.3) is 0 Å². The monoisotopic (exact) mass is 228 g/mol. The quantitative estimate of drug-likeness (QED) is 0.714. The molecule has 16 heavy (non-hydrogen) atoms. The molecule has 2 unspecified atom stereocenters. The minimum Gasteiger partial charge on any atom is -0.378 e. The first kappa shape index (κ1) is 13.5. The van der Waals surface area contributed by atoms with Gasteiger partial charge in [0.1, 0.15) is 0 Å². The summed E-state index contributed by atoms with van der Waals surface area (Å²) in [4.78, 5) is 11.6. The van der Waals surface area contributed by atoms with E-state index in [-0.39, 0.29) is 18.1 Å². The minimum absolute atomic E-state index is 0.0889. The van der Waals surface area contributed by atoms with E-state index in [9.17, 15) is 4.79 Å². The van der Waals surface area contributed by atoms with Crippen LogP contribution in [0, 0.1) is 5.92 Å². The van der Waals surface area contributed by atoms with Crippen molar-refractivity contribution in [2.75, 3.05) is 13.2 Å². The maximum Gasteiger partial charge on any atom is 0.222 e. The van der Waals surface area contributed by atoms with E-state index < -0.39 is 0 Å². The van der Waals surface area contributed by atoms with E-state index in [2.05, 4.69) is 5.32 Å². The third-order valence-corrected chi connectivity index (χ3v) is 3.09. The van der Waals surface area contributed by atoms with Crippen molar-refractivity contribution in [3.63, 3.8) is 0 Å². The molecule has 4 nitrogen and oxygen atoms in total. The Kier molecular flexibility index (Phi) is 5.77. The molecule has 0 bridgehead atoms. The standard InChI is InChI=1S/C12H24N2O2/c1-9(2)16-7-6-12(15)14-11-5-3-4-10(11)8-13/h9-11H,3-8,13H2,1-2H3,(H,14,15). The third kappa shape index (κ3) is 4.49. The van der Waals surface area contributed by atoms with Crippen molar-refractivity contribution in [2.24, 2.45) is 11.7 Å². The predicted octanol–water partition coefficient (Wildman–Crippen LogP) is 1.05. The van der Waals surface area contributed by atoms with Crippen LogP contribution in [0.15, 0.2) is 0 Å². The van der Waals surface area contributed by atoms with Gasteiger partial charge in [-0.2, -0.15) is 0 Å². The Bertz CT molecular complexity index is 219. The van der Waals surface area contributed by atoms with Crippen molar-refractivity contribution in [3.05, 3.63) is 0 Å². The molecule has 1 rings (SSSR count). The Morgan fingerprint density at radius 1 is 1.50 bits per heavy atom. The Labute approximate surface area is 97.9 Å². The number of nitrogens with two attached hydrogens (primary N) is 1. The van der Waals surface area contributed by atoms with E-state index in [4.69, 9.17) is 10.5 Å². The Morgan fingerprint density at radius 3 is 2.88 bits per heavy atom. The van der Waals surface area contributed by atoms with Gasteiger partial charge in [-0.1, -0.05) is 6.42 Å². The topological polar surface area (TPSA) is 64.3 Å². The number of carbonyl (C=O) groups is 1.